The molecule has 0 N–H and O–H groups in total. The number of fused-ring (bicyclic) bond motifs is 1. The Morgan fingerprint density at radius 1 is 1.25 bits per heavy atom. The average molecular weight is 337 g/mol. The lowest BCUT2D eigenvalue weighted by Gasteiger charge is -2.32. The van der Waals surface area contributed by atoms with Gasteiger partial charge in [0.2, 0.25) is 0 Å². The van der Waals surface area contributed by atoms with Crippen molar-refractivity contribution in [1.82, 2.24) is 9.97 Å². The molecule has 4 nitrogen and oxygen atoms in total. The summed E-state index contributed by atoms with van der Waals surface area (Å²) in [5.74, 6) is 6.36. The van der Waals surface area contributed by atoms with Gasteiger partial charge in [0.25, 0.3) is 0 Å². The number of benzene rings is 1. The Labute approximate surface area is 145 Å². The monoisotopic (exact) mass is 337 g/mol. The number of hydrogen-bond acceptors (Lipinski definition) is 5. The number of rotatable bonds is 2. The minimum absolute atomic E-state index is 0.175. The van der Waals surface area contributed by atoms with E-state index in [1.165, 1.54) is 22.9 Å². The molecule has 0 saturated carbocycles. The predicted octanol–water partition coefficient (Wildman–Crippen LogP) is 1.94. The molecule has 122 valence electrons. The van der Waals surface area contributed by atoms with E-state index in [1.54, 1.807) is 0 Å². The van der Waals surface area contributed by atoms with Gasteiger partial charge in [0.1, 0.15) is 5.82 Å². The molecule has 24 heavy (non-hydrogen) atoms. The normalized spacial score (nSPS) is 15.1. The Balaban J connectivity index is 1.82. The summed E-state index contributed by atoms with van der Waals surface area (Å²) in [6.45, 7) is 4.54. The van der Waals surface area contributed by atoms with Gasteiger partial charge in [-0.3, -0.25) is 0 Å². The van der Waals surface area contributed by atoms with Crippen LogP contribution in [0.3, 0.4) is 0 Å². The number of aliphatic carboxylic acids is 1. The second-order valence-electron chi connectivity index (χ2n) is 6.38. The van der Waals surface area contributed by atoms with Gasteiger partial charge in [-0.15, -0.1) is 11.8 Å². The summed E-state index contributed by atoms with van der Waals surface area (Å²) in [5, 5.41) is 10.5. The maximum absolute atomic E-state index is 10.5. The number of hydrogen-bond donors (Lipinski definition) is 0. The highest BCUT2D eigenvalue weighted by Crippen LogP contribution is 2.41. The number of carboxylic acid groups (broad SMARTS) is 1. The molecular weight excluding hydrogens is 320 g/mol. The third kappa shape index (κ3) is 3.77. The van der Waals surface area contributed by atoms with E-state index in [0.717, 1.165) is 17.7 Å². The third-order valence-electron chi connectivity index (χ3n) is 4.05. The summed E-state index contributed by atoms with van der Waals surface area (Å²) in [7, 11) is 0. The van der Waals surface area contributed by atoms with Gasteiger partial charge in [0.05, 0.1) is 5.56 Å². The second kappa shape index (κ2) is 6.66. The highest BCUT2D eigenvalue weighted by atomic mass is 32.2. The average Bonchev–Trinajstić information content (AvgIpc) is 2.54. The topological polar surface area (TPSA) is 65.9 Å². The van der Waals surface area contributed by atoms with Gasteiger partial charge in [-0.1, -0.05) is 25.7 Å². The smallest absolute Gasteiger partial charge is 0.133 e. The molecule has 0 bridgehead atoms. The largest absolute Gasteiger partial charge is 0.550 e. The summed E-state index contributed by atoms with van der Waals surface area (Å²) in [6.07, 6.45) is 3.95. The van der Waals surface area contributed by atoms with E-state index in [4.69, 9.17) is 0 Å². The van der Waals surface area contributed by atoms with E-state index in [2.05, 4.69) is 47.8 Å². The standard InChI is InChI=1S/C19H18N2O2S/c1-19(2)7-8-24-16-6-5-13(9-15(16)19)3-4-14-11-20-17(21-12-14)10-18(22)23/h5-6,9,11-12H,7-8,10H2,1-2H3,(H,22,23)/p-1. The molecule has 0 aliphatic carbocycles. The molecule has 1 aliphatic heterocycles. The molecule has 0 spiro atoms. The van der Waals surface area contributed by atoms with Crippen LogP contribution in [-0.2, 0) is 16.6 Å². The number of carbonyl (C=O) groups excluding carboxylic acids is 1. The van der Waals surface area contributed by atoms with Gasteiger partial charge < -0.3 is 9.90 Å². The highest BCUT2D eigenvalue weighted by Gasteiger charge is 2.27. The Bertz CT molecular complexity index is 833. The van der Waals surface area contributed by atoms with Crippen molar-refractivity contribution in [3.8, 4) is 11.8 Å². The molecule has 0 saturated heterocycles. The lowest BCUT2D eigenvalue weighted by molar-refractivity contribution is -0.304. The van der Waals surface area contributed by atoms with Crippen LogP contribution >= 0.6 is 11.8 Å². The Hall–Kier alpha value is -2.32. The van der Waals surface area contributed by atoms with Gasteiger partial charge in [0, 0.05) is 35.2 Å². The molecular formula is C19H17N2O2S-. The van der Waals surface area contributed by atoms with Crippen LogP contribution < -0.4 is 5.11 Å². The Morgan fingerprint density at radius 2 is 1.96 bits per heavy atom. The second-order valence-corrected chi connectivity index (χ2v) is 7.52. The Morgan fingerprint density at radius 3 is 2.67 bits per heavy atom. The van der Waals surface area contributed by atoms with Crippen molar-refractivity contribution in [3.05, 3.63) is 53.1 Å². The number of aromatic nitrogens is 2. The first-order valence-corrected chi connectivity index (χ1v) is 8.73. The number of carboxylic acids is 1. The molecule has 0 amide bonds. The first-order valence-electron chi connectivity index (χ1n) is 7.74. The summed E-state index contributed by atoms with van der Waals surface area (Å²) >= 11 is 1.90. The molecule has 2 aromatic rings. The lowest BCUT2D eigenvalue weighted by Crippen LogP contribution is -2.25. The number of thioether (sulfide) groups is 1. The van der Waals surface area contributed by atoms with E-state index < -0.39 is 5.97 Å². The summed E-state index contributed by atoms with van der Waals surface area (Å²) in [4.78, 5) is 19.8. The minimum Gasteiger partial charge on any atom is -0.550 e. The molecule has 3 rings (SSSR count). The van der Waals surface area contributed by atoms with Crippen molar-refractivity contribution in [3.63, 3.8) is 0 Å². The van der Waals surface area contributed by atoms with Crippen LogP contribution in [0.25, 0.3) is 0 Å². The first kappa shape index (κ1) is 16.5. The molecule has 1 aromatic carbocycles. The van der Waals surface area contributed by atoms with E-state index in [9.17, 15) is 9.90 Å². The Kier molecular flexibility index (Phi) is 4.59. The lowest BCUT2D eigenvalue weighted by atomic mass is 9.81. The van der Waals surface area contributed by atoms with E-state index in [-0.39, 0.29) is 17.7 Å². The van der Waals surface area contributed by atoms with E-state index in [1.807, 2.05) is 17.8 Å². The quantitative estimate of drug-likeness (QED) is 0.784. The van der Waals surface area contributed by atoms with Crippen molar-refractivity contribution in [2.75, 3.05) is 5.75 Å². The van der Waals surface area contributed by atoms with Gasteiger partial charge >= 0.3 is 0 Å². The van der Waals surface area contributed by atoms with E-state index >= 15 is 0 Å². The molecule has 0 atom stereocenters. The van der Waals surface area contributed by atoms with Gasteiger partial charge in [-0.25, -0.2) is 9.97 Å². The van der Waals surface area contributed by atoms with E-state index in [0.29, 0.717) is 5.56 Å². The van der Waals surface area contributed by atoms with Crippen molar-refractivity contribution in [2.45, 2.75) is 37.0 Å². The minimum atomic E-state index is -1.19. The molecule has 0 unspecified atom stereocenters. The van der Waals surface area contributed by atoms with Gasteiger partial charge in [0.15, 0.2) is 0 Å². The van der Waals surface area contributed by atoms with Crippen molar-refractivity contribution >= 4 is 17.7 Å². The van der Waals surface area contributed by atoms with Crippen LogP contribution in [0, 0.1) is 11.8 Å². The molecule has 5 heteroatoms. The van der Waals surface area contributed by atoms with Crippen LogP contribution in [-0.4, -0.2) is 21.7 Å². The summed E-state index contributed by atoms with van der Waals surface area (Å²) < 4.78 is 0. The fourth-order valence-electron chi connectivity index (χ4n) is 2.60. The maximum atomic E-state index is 10.5. The molecule has 1 aliphatic rings. The fourth-order valence-corrected chi connectivity index (χ4v) is 4.08. The predicted molar refractivity (Wildman–Crippen MR) is 91.5 cm³/mol. The number of carbonyl (C=O) groups is 1. The zero-order valence-electron chi connectivity index (χ0n) is 13.6. The number of nitrogens with zero attached hydrogens (tertiary/aromatic N) is 2. The molecule has 0 fully saturated rings. The third-order valence-corrected chi connectivity index (χ3v) is 5.13. The van der Waals surface area contributed by atoms with Gasteiger partial charge in [-0.2, -0.15) is 0 Å². The van der Waals surface area contributed by atoms with Crippen LogP contribution in [0.5, 0.6) is 0 Å². The van der Waals surface area contributed by atoms with Gasteiger partial charge in [-0.05, 0) is 41.4 Å². The summed E-state index contributed by atoms with van der Waals surface area (Å²) in [5.41, 5.74) is 3.14. The van der Waals surface area contributed by atoms with Crippen molar-refractivity contribution < 1.29 is 9.90 Å². The fraction of sp³-hybridized carbons (Fsp3) is 0.316. The van der Waals surface area contributed by atoms with Crippen LogP contribution in [0.15, 0.2) is 35.5 Å². The first-order chi connectivity index (χ1) is 11.4. The SMILES string of the molecule is CC1(C)CCSc2ccc(C#Cc3cnc(CC(=O)[O-])nc3)cc21. The van der Waals surface area contributed by atoms with Crippen LogP contribution in [0.2, 0.25) is 0 Å². The zero-order valence-corrected chi connectivity index (χ0v) is 14.4. The summed E-state index contributed by atoms with van der Waals surface area (Å²) in [6, 6.07) is 6.34. The molecule has 2 heterocycles. The van der Waals surface area contributed by atoms with Crippen LogP contribution in [0.4, 0.5) is 0 Å². The van der Waals surface area contributed by atoms with Crippen LogP contribution in [0.1, 0.15) is 42.8 Å². The zero-order chi connectivity index (χ0) is 17.2. The van der Waals surface area contributed by atoms with Crippen molar-refractivity contribution in [2.24, 2.45) is 0 Å². The molecule has 1 aromatic heterocycles. The maximum Gasteiger partial charge on any atom is 0.133 e. The van der Waals surface area contributed by atoms with Crippen molar-refractivity contribution in [1.29, 1.82) is 0 Å². The molecule has 0 radical (unpaired) electrons. The highest BCUT2D eigenvalue weighted by molar-refractivity contribution is 7.99.